The van der Waals surface area contributed by atoms with E-state index in [-0.39, 0.29) is 0 Å². The van der Waals surface area contributed by atoms with E-state index in [9.17, 15) is 0 Å². The minimum absolute atomic E-state index is 0.685. The van der Waals surface area contributed by atoms with Gasteiger partial charge in [-0.1, -0.05) is 133 Å². The van der Waals surface area contributed by atoms with Gasteiger partial charge in [0, 0.05) is 54.8 Å². The lowest BCUT2D eigenvalue weighted by Gasteiger charge is -2.14. The molecule has 7 aromatic carbocycles. The van der Waals surface area contributed by atoms with Gasteiger partial charge in [0.05, 0.1) is 11.4 Å². The first-order valence-corrected chi connectivity index (χ1v) is 19.2. The SMILES string of the molecule is c1ccc(-c2ccc(-c3cc(-c4ccc5sc6ccccc6c5c4)cc(-c4cc(-c5cccc(-c6cccnc6)c5)nc(-c5ccccc5)n4)c3)cc2)cc1. The summed E-state index contributed by atoms with van der Waals surface area (Å²) in [6.07, 6.45) is 3.70. The highest BCUT2D eigenvalue weighted by Gasteiger charge is 2.15. The average molecular weight is 720 g/mol. The van der Waals surface area contributed by atoms with E-state index in [1.165, 1.54) is 36.9 Å². The van der Waals surface area contributed by atoms with E-state index in [0.717, 1.165) is 55.9 Å². The van der Waals surface area contributed by atoms with E-state index in [2.05, 4.69) is 169 Å². The largest absolute Gasteiger partial charge is 0.264 e. The highest BCUT2D eigenvalue weighted by molar-refractivity contribution is 7.25. The average Bonchev–Trinajstić information content (AvgIpc) is 3.65. The molecule has 0 aliphatic heterocycles. The van der Waals surface area contributed by atoms with Gasteiger partial charge in [0.15, 0.2) is 5.82 Å². The number of hydrogen-bond acceptors (Lipinski definition) is 4. The maximum Gasteiger partial charge on any atom is 0.160 e. The first-order chi connectivity index (χ1) is 27.2. The molecule has 0 bridgehead atoms. The van der Waals surface area contributed by atoms with E-state index in [0.29, 0.717) is 5.82 Å². The summed E-state index contributed by atoms with van der Waals surface area (Å²) in [5.74, 6) is 0.685. The Balaban J connectivity index is 1.16. The third kappa shape index (κ3) is 6.50. The zero-order valence-corrected chi connectivity index (χ0v) is 30.6. The molecule has 0 amide bonds. The molecule has 3 nitrogen and oxygen atoms in total. The molecule has 0 aliphatic rings. The maximum atomic E-state index is 5.27. The van der Waals surface area contributed by atoms with Crippen LogP contribution in [0.1, 0.15) is 0 Å². The Labute approximate surface area is 323 Å². The third-order valence-electron chi connectivity index (χ3n) is 10.2. The number of nitrogens with zero attached hydrogens (tertiary/aromatic N) is 3. The van der Waals surface area contributed by atoms with Crippen LogP contribution in [0.25, 0.3) is 98.6 Å². The van der Waals surface area contributed by atoms with Gasteiger partial charge in [-0.05, 0) is 93.5 Å². The van der Waals surface area contributed by atoms with Crippen LogP contribution < -0.4 is 0 Å². The number of pyridine rings is 1. The second kappa shape index (κ2) is 14.1. The molecule has 0 radical (unpaired) electrons. The topological polar surface area (TPSA) is 38.7 Å². The molecule has 0 saturated heterocycles. The summed E-state index contributed by atoms with van der Waals surface area (Å²) in [5, 5.41) is 2.57. The molecule has 10 rings (SSSR count). The monoisotopic (exact) mass is 719 g/mol. The van der Waals surface area contributed by atoms with Gasteiger partial charge in [-0.2, -0.15) is 0 Å². The molecule has 3 heterocycles. The predicted molar refractivity (Wildman–Crippen MR) is 231 cm³/mol. The van der Waals surface area contributed by atoms with Crippen LogP contribution in [-0.2, 0) is 0 Å². The standard InChI is InChI=1S/C51H33N3S/c1-3-11-34(12-4-1)35-20-22-36(23-21-35)42-28-43(39-24-25-50-46(31-39)45-18-7-8-19-49(45)55-50)30-44(29-42)48-32-47(53-51(54-48)37-13-5-2-6-14-37)40-16-9-15-38(27-40)41-17-10-26-52-33-41/h1-33H. The molecule has 0 N–H and O–H groups in total. The van der Waals surface area contributed by atoms with E-state index < -0.39 is 0 Å². The quantitative estimate of drug-likeness (QED) is 0.165. The van der Waals surface area contributed by atoms with Crippen LogP contribution in [0.4, 0.5) is 0 Å². The number of benzene rings is 7. The van der Waals surface area contributed by atoms with Crippen molar-refractivity contribution < 1.29 is 0 Å². The summed E-state index contributed by atoms with van der Waals surface area (Å²) in [7, 11) is 0. The van der Waals surface area contributed by atoms with Crippen molar-refractivity contribution in [2.24, 2.45) is 0 Å². The fourth-order valence-electron chi connectivity index (χ4n) is 7.35. The third-order valence-corrected chi connectivity index (χ3v) is 11.3. The first kappa shape index (κ1) is 32.6. The lowest BCUT2D eigenvalue weighted by molar-refractivity contribution is 1.18. The van der Waals surface area contributed by atoms with E-state index >= 15 is 0 Å². The normalized spacial score (nSPS) is 11.3. The zero-order valence-electron chi connectivity index (χ0n) is 29.8. The first-order valence-electron chi connectivity index (χ1n) is 18.4. The second-order valence-corrected chi connectivity index (χ2v) is 14.8. The fourth-order valence-corrected chi connectivity index (χ4v) is 8.44. The Kier molecular flexibility index (Phi) is 8.36. The second-order valence-electron chi connectivity index (χ2n) is 13.7. The van der Waals surface area contributed by atoms with Crippen LogP contribution in [0.3, 0.4) is 0 Å². The van der Waals surface area contributed by atoms with E-state index in [1.807, 2.05) is 41.8 Å². The van der Waals surface area contributed by atoms with Gasteiger partial charge in [0.2, 0.25) is 0 Å². The van der Waals surface area contributed by atoms with Crippen LogP contribution in [-0.4, -0.2) is 15.0 Å². The van der Waals surface area contributed by atoms with Crippen molar-refractivity contribution in [1.29, 1.82) is 0 Å². The van der Waals surface area contributed by atoms with Gasteiger partial charge >= 0.3 is 0 Å². The Bertz CT molecular complexity index is 2950. The molecule has 0 atom stereocenters. The van der Waals surface area contributed by atoms with Crippen LogP contribution in [0.2, 0.25) is 0 Å². The lowest BCUT2D eigenvalue weighted by Crippen LogP contribution is -1.97. The number of aromatic nitrogens is 3. The fraction of sp³-hybridized carbons (Fsp3) is 0. The summed E-state index contributed by atoms with van der Waals surface area (Å²) in [4.78, 5) is 14.8. The Morgan fingerprint density at radius 1 is 0.309 bits per heavy atom. The van der Waals surface area contributed by atoms with Gasteiger partial charge in [0.25, 0.3) is 0 Å². The summed E-state index contributed by atoms with van der Waals surface area (Å²) >= 11 is 1.84. The maximum absolute atomic E-state index is 5.27. The van der Waals surface area contributed by atoms with Gasteiger partial charge in [-0.3, -0.25) is 4.98 Å². The number of fused-ring (bicyclic) bond motifs is 3. The molecule has 3 aromatic heterocycles. The molecule has 0 fully saturated rings. The van der Waals surface area contributed by atoms with Crippen molar-refractivity contribution in [1.82, 2.24) is 15.0 Å². The van der Waals surface area contributed by atoms with Crippen molar-refractivity contribution in [2.45, 2.75) is 0 Å². The Morgan fingerprint density at radius 3 is 1.60 bits per heavy atom. The molecule has 0 aliphatic carbocycles. The van der Waals surface area contributed by atoms with Crippen LogP contribution in [0.15, 0.2) is 200 Å². The van der Waals surface area contributed by atoms with E-state index in [1.54, 1.807) is 6.20 Å². The number of hydrogen-bond donors (Lipinski definition) is 0. The lowest BCUT2D eigenvalue weighted by atomic mass is 9.93. The summed E-state index contributed by atoms with van der Waals surface area (Å²) in [5.41, 5.74) is 13.9. The Hall–Kier alpha value is -7.01. The summed E-state index contributed by atoms with van der Waals surface area (Å²) in [6.45, 7) is 0. The highest BCUT2D eigenvalue weighted by atomic mass is 32.1. The van der Waals surface area contributed by atoms with Gasteiger partial charge in [-0.25, -0.2) is 9.97 Å². The van der Waals surface area contributed by atoms with Gasteiger partial charge < -0.3 is 0 Å². The minimum Gasteiger partial charge on any atom is -0.264 e. The van der Waals surface area contributed by atoms with Crippen LogP contribution in [0, 0.1) is 0 Å². The summed E-state index contributed by atoms with van der Waals surface area (Å²) < 4.78 is 2.59. The predicted octanol–water partition coefficient (Wildman–Crippen LogP) is 13.9. The molecule has 55 heavy (non-hydrogen) atoms. The number of thiophene rings is 1. The molecule has 4 heteroatoms. The zero-order chi connectivity index (χ0) is 36.6. The number of rotatable bonds is 7. The summed E-state index contributed by atoms with van der Waals surface area (Å²) in [6, 6.07) is 66.8. The van der Waals surface area contributed by atoms with Crippen molar-refractivity contribution in [3.8, 4) is 78.4 Å². The molecule has 0 spiro atoms. The van der Waals surface area contributed by atoms with Crippen LogP contribution in [0.5, 0.6) is 0 Å². The van der Waals surface area contributed by atoms with Crippen molar-refractivity contribution in [3.05, 3.63) is 200 Å². The van der Waals surface area contributed by atoms with Crippen molar-refractivity contribution >= 4 is 31.5 Å². The van der Waals surface area contributed by atoms with Gasteiger partial charge in [0.1, 0.15) is 0 Å². The van der Waals surface area contributed by atoms with Crippen LogP contribution >= 0.6 is 11.3 Å². The van der Waals surface area contributed by atoms with E-state index in [4.69, 9.17) is 9.97 Å². The minimum atomic E-state index is 0.685. The van der Waals surface area contributed by atoms with Crippen molar-refractivity contribution in [2.75, 3.05) is 0 Å². The van der Waals surface area contributed by atoms with Crippen molar-refractivity contribution in [3.63, 3.8) is 0 Å². The molecule has 0 saturated carbocycles. The highest BCUT2D eigenvalue weighted by Crippen LogP contribution is 2.39. The molecule has 0 unspecified atom stereocenters. The molecular weight excluding hydrogens is 687 g/mol. The molecule has 258 valence electrons. The Morgan fingerprint density at radius 2 is 0.836 bits per heavy atom. The van der Waals surface area contributed by atoms with Gasteiger partial charge in [-0.15, -0.1) is 11.3 Å². The smallest absolute Gasteiger partial charge is 0.160 e. The molecular formula is C51H33N3S. The molecule has 10 aromatic rings.